The van der Waals surface area contributed by atoms with E-state index in [-0.39, 0.29) is 5.56 Å². The van der Waals surface area contributed by atoms with Gasteiger partial charge in [0.2, 0.25) is 5.56 Å². The number of hydrogen-bond donors (Lipinski definition) is 0. The van der Waals surface area contributed by atoms with Crippen molar-refractivity contribution >= 4 is 0 Å². The van der Waals surface area contributed by atoms with E-state index in [9.17, 15) is 4.79 Å². The zero-order valence-electron chi connectivity index (χ0n) is 9.49. The minimum Gasteiger partial charge on any atom is -0.316 e. The van der Waals surface area contributed by atoms with Gasteiger partial charge in [0.1, 0.15) is 0 Å². The highest BCUT2D eigenvalue weighted by atomic mass is 16.1. The molecule has 2 nitrogen and oxygen atoms in total. The molecule has 0 spiro atoms. The molecule has 0 aliphatic heterocycles. The molecule has 0 saturated heterocycles. The molecule has 0 bridgehead atoms. The lowest BCUT2D eigenvalue weighted by molar-refractivity contribution is 0.613. The van der Waals surface area contributed by atoms with Gasteiger partial charge in [0.25, 0.3) is 0 Å². The first kappa shape index (κ1) is 12.9. The van der Waals surface area contributed by atoms with Gasteiger partial charge in [-0.2, -0.15) is 0 Å². The number of rotatable bonds is 3. The molecule has 0 aliphatic rings. The molecule has 1 rings (SSSR count). The van der Waals surface area contributed by atoms with Gasteiger partial charge in [-0.3, -0.25) is 4.79 Å². The average molecular weight is 195 g/mol. The van der Waals surface area contributed by atoms with Crippen molar-refractivity contribution in [1.82, 2.24) is 4.57 Å². The third-order valence-corrected chi connectivity index (χ3v) is 1.65. The second-order valence-electron chi connectivity index (χ2n) is 3.29. The normalized spacial score (nSPS) is 9.07. The third-order valence-electron chi connectivity index (χ3n) is 1.65. The Morgan fingerprint density at radius 1 is 1.21 bits per heavy atom. The summed E-state index contributed by atoms with van der Waals surface area (Å²) in [4.78, 5) is 11.1. The average Bonchev–Trinajstić information content (AvgIpc) is 2.18. The van der Waals surface area contributed by atoms with Crippen molar-refractivity contribution in [3.05, 3.63) is 34.7 Å². The number of unbranched alkanes of at least 4 members (excludes halogenated alkanes) is 1. The lowest BCUT2D eigenvalue weighted by Crippen LogP contribution is -2.17. The SMILES string of the molecule is CCC.CCCCn1ccccc1=O. The van der Waals surface area contributed by atoms with Gasteiger partial charge in [-0.15, -0.1) is 0 Å². The molecule has 1 aromatic rings. The summed E-state index contributed by atoms with van der Waals surface area (Å²) >= 11 is 0. The fourth-order valence-electron chi connectivity index (χ4n) is 0.974. The Labute approximate surface area is 86.6 Å². The van der Waals surface area contributed by atoms with Crippen LogP contribution < -0.4 is 5.56 Å². The predicted molar refractivity (Wildman–Crippen MR) is 61.6 cm³/mol. The van der Waals surface area contributed by atoms with Crippen LogP contribution in [0.2, 0.25) is 0 Å². The molecule has 0 N–H and O–H groups in total. The summed E-state index contributed by atoms with van der Waals surface area (Å²) in [5.41, 5.74) is 0.0981. The van der Waals surface area contributed by atoms with Crippen molar-refractivity contribution in [3.63, 3.8) is 0 Å². The van der Waals surface area contributed by atoms with Crippen LogP contribution in [-0.4, -0.2) is 4.57 Å². The summed E-state index contributed by atoms with van der Waals surface area (Å²) in [7, 11) is 0. The molecule has 0 fully saturated rings. The maximum absolute atomic E-state index is 11.1. The Kier molecular flexibility index (Phi) is 7.90. The second-order valence-corrected chi connectivity index (χ2v) is 3.29. The van der Waals surface area contributed by atoms with Crippen LogP contribution in [0.5, 0.6) is 0 Å². The molecular formula is C12H21NO. The van der Waals surface area contributed by atoms with Crippen molar-refractivity contribution in [2.24, 2.45) is 0 Å². The standard InChI is InChI=1S/C9H13NO.C3H8/c1-2-3-7-10-8-5-4-6-9(10)11;1-3-2/h4-6,8H,2-3,7H2,1H3;3H2,1-2H3. The van der Waals surface area contributed by atoms with Crippen LogP contribution in [0.3, 0.4) is 0 Å². The summed E-state index contributed by atoms with van der Waals surface area (Å²) in [6, 6.07) is 5.25. The molecule has 0 amide bonds. The van der Waals surface area contributed by atoms with E-state index in [4.69, 9.17) is 0 Å². The highest BCUT2D eigenvalue weighted by Crippen LogP contribution is 1.90. The van der Waals surface area contributed by atoms with E-state index in [1.807, 2.05) is 12.3 Å². The fraction of sp³-hybridized carbons (Fsp3) is 0.583. The zero-order valence-corrected chi connectivity index (χ0v) is 9.49. The molecule has 80 valence electrons. The van der Waals surface area contributed by atoms with Crippen molar-refractivity contribution in [3.8, 4) is 0 Å². The van der Waals surface area contributed by atoms with Crippen LogP contribution >= 0.6 is 0 Å². The summed E-state index contributed by atoms with van der Waals surface area (Å²) in [6.07, 6.45) is 5.28. The first-order chi connectivity index (χ1) is 6.76. The fourth-order valence-corrected chi connectivity index (χ4v) is 0.974. The van der Waals surface area contributed by atoms with Gasteiger partial charge < -0.3 is 4.57 Å². The van der Waals surface area contributed by atoms with Crippen molar-refractivity contribution in [2.75, 3.05) is 0 Å². The Balaban J connectivity index is 0.000000500. The van der Waals surface area contributed by atoms with Crippen LogP contribution in [0.1, 0.15) is 40.0 Å². The van der Waals surface area contributed by atoms with E-state index >= 15 is 0 Å². The first-order valence-corrected chi connectivity index (χ1v) is 5.41. The molecular weight excluding hydrogens is 174 g/mol. The lowest BCUT2D eigenvalue weighted by atomic mass is 10.3. The lowest BCUT2D eigenvalue weighted by Gasteiger charge is -2.01. The third kappa shape index (κ3) is 5.57. The van der Waals surface area contributed by atoms with Gasteiger partial charge in [0, 0.05) is 18.8 Å². The minimum atomic E-state index is 0.0981. The molecule has 0 aromatic carbocycles. The topological polar surface area (TPSA) is 22.0 Å². The highest BCUT2D eigenvalue weighted by Gasteiger charge is 1.90. The van der Waals surface area contributed by atoms with Gasteiger partial charge in [0.05, 0.1) is 0 Å². The van der Waals surface area contributed by atoms with Crippen LogP contribution in [0, 0.1) is 0 Å². The molecule has 14 heavy (non-hydrogen) atoms. The van der Waals surface area contributed by atoms with Gasteiger partial charge >= 0.3 is 0 Å². The number of nitrogens with zero attached hydrogens (tertiary/aromatic N) is 1. The van der Waals surface area contributed by atoms with Crippen LogP contribution in [0.25, 0.3) is 0 Å². The Morgan fingerprint density at radius 2 is 1.86 bits per heavy atom. The van der Waals surface area contributed by atoms with Gasteiger partial charge in [-0.05, 0) is 12.5 Å². The van der Waals surface area contributed by atoms with E-state index in [0.717, 1.165) is 19.4 Å². The number of aromatic nitrogens is 1. The van der Waals surface area contributed by atoms with Crippen molar-refractivity contribution < 1.29 is 0 Å². The van der Waals surface area contributed by atoms with Gasteiger partial charge in [-0.25, -0.2) is 0 Å². The zero-order chi connectivity index (χ0) is 10.8. The monoisotopic (exact) mass is 195 g/mol. The minimum absolute atomic E-state index is 0.0981. The molecule has 0 radical (unpaired) electrons. The van der Waals surface area contributed by atoms with E-state index in [1.165, 1.54) is 6.42 Å². The van der Waals surface area contributed by atoms with Gasteiger partial charge in [0.15, 0.2) is 0 Å². The number of aryl methyl sites for hydroxylation is 1. The maximum Gasteiger partial charge on any atom is 0.250 e. The van der Waals surface area contributed by atoms with Crippen LogP contribution in [0.4, 0.5) is 0 Å². The Hall–Kier alpha value is -1.05. The van der Waals surface area contributed by atoms with Crippen molar-refractivity contribution in [1.29, 1.82) is 0 Å². The molecule has 1 aromatic heterocycles. The van der Waals surface area contributed by atoms with E-state index in [2.05, 4.69) is 20.8 Å². The molecule has 0 unspecified atom stereocenters. The molecule has 0 aliphatic carbocycles. The van der Waals surface area contributed by atoms with Gasteiger partial charge in [-0.1, -0.05) is 39.7 Å². The van der Waals surface area contributed by atoms with E-state index < -0.39 is 0 Å². The first-order valence-electron chi connectivity index (χ1n) is 5.41. The Bertz CT molecular complexity index is 278. The van der Waals surface area contributed by atoms with E-state index in [1.54, 1.807) is 16.7 Å². The van der Waals surface area contributed by atoms with E-state index in [0.29, 0.717) is 0 Å². The summed E-state index contributed by atoms with van der Waals surface area (Å²) in [5.74, 6) is 0. The van der Waals surface area contributed by atoms with Crippen molar-refractivity contribution in [2.45, 2.75) is 46.6 Å². The number of pyridine rings is 1. The maximum atomic E-state index is 11.1. The molecule has 1 heterocycles. The van der Waals surface area contributed by atoms with Crippen LogP contribution in [-0.2, 0) is 6.54 Å². The van der Waals surface area contributed by atoms with Crippen LogP contribution in [0.15, 0.2) is 29.2 Å². The Morgan fingerprint density at radius 3 is 2.36 bits per heavy atom. The molecule has 0 atom stereocenters. The second kappa shape index (κ2) is 8.54. The number of hydrogen-bond acceptors (Lipinski definition) is 1. The molecule has 0 saturated carbocycles. The smallest absolute Gasteiger partial charge is 0.250 e. The largest absolute Gasteiger partial charge is 0.316 e. The summed E-state index contributed by atoms with van der Waals surface area (Å²) in [6.45, 7) is 7.21. The summed E-state index contributed by atoms with van der Waals surface area (Å²) < 4.78 is 1.74. The highest BCUT2D eigenvalue weighted by molar-refractivity contribution is 4.92. The predicted octanol–water partition coefficient (Wildman–Crippen LogP) is 3.06. The molecule has 2 heteroatoms. The summed E-state index contributed by atoms with van der Waals surface area (Å²) in [5, 5.41) is 0. The quantitative estimate of drug-likeness (QED) is 0.726.